The van der Waals surface area contributed by atoms with Crippen LogP contribution in [0.1, 0.15) is 96.0 Å². The molecule has 2 N–H and O–H groups in total. The molecule has 0 aliphatic carbocycles. The van der Waals surface area contributed by atoms with Crippen LogP contribution in [0.2, 0.25) is 0 Å². The number of H-pyrrole nitrogens is 2. The van der Waals surface area contributed by atoms with Crippen molar-refractivity contribution in [2.24, 2.45) is 0 Å². The second-order valence-corrected chi connectivity index (χ2v) is 11.0. The molecule has 3 aromatic rings. The van der Waals surface area contributed by atoms with Gasteiger partial charge in [-0.15, -0.1) is 0 Å². The van der Waals surface area contributed by atoms with Crippen molar-refractivity contribution in [1.82, 2.24) is 19.9 Å². The zero-order chi connectivity index (χ0) is 29.7. The molecule has 0 fully saturated rings. The van der Waals surface area contributed by atoms with Crippen molar-refractivity contribution in [3.05, 3.63) is 75.4 Å². The summed E-state index contributed by atoms with van der Waals surface area (Å²) in [5.74, 6) is -2.82. The molecule has 8 nitrogen and oxygen atoms in total. The van der Waals surface area contributed by atoms with E-state index >= 15 is 0 Å². The minimum Gasteiger partial charge on any atom is -0.550 e. The molecule has 2 aliphatic heterocycles. The molecule has 0 saturated carbocycles. The summed E-state index contributed by atoms with van der Waals surface area (Å²) in [6.45, 7) is 15.8. The van der Waals surface area contributed by atoms with E-state index in [1.54, 1.807) is 13.8 Å². The van der Waals surface area contributed by atoms with Crippen LogP contribution >= 0.6 is 0 Å². The molecule has 10 heteroatoms. The Labute approximate surface area is 295 Å². The first kappa shape index (κ1) is 35.0. The van der Waals surface area contributed by atoms with E-state index in [0.29, 0.717) is 34.6 Å². The monoisotopic (exact) mass is 596 g/mol. The Bertz CT molecular complexity index is 1830. The molecule has 0 aromatic carbocycles. The molecular formula is C33H34N4Na2O4. The maximum Gasteiger partial charge on any atom is 1.00 e. The molecular weight excluding hydrogens is 562 g/mol. The number of aromatic amines is 2. The van der Waals surface area contributed by atoms with E-state index < -0.39 is 11.9 Å². The standard InChI is InChI=1S/C33H36N4O4.2Na/c1-8-20-15(3)23-12-25-17(5)22(10-11-29(38)39)31(36-25)19(7)32-30(33(40)41)18(6)26(37-32)14-28-21(9-2)16(4)24(35-28)13-27(20)34-23;;/h8,12-14,17,22,34-35H,1,9-11H2,2-7H3,(H,38,39)(H,40,41);;/q;2*+1/p-2/t17-,22-;;/m0../s1. The molecule has 3 aromatic heterocycles. The Morgan fingerprint density at radius 2 is 1.58 bits per heavy atom. The molecule has 0 unspecified atom stereocenters. The largest absolute Gasteiger partial charge is 1.00 e. The molecule has 0 saturated heterocycles. The van der Waals surface area contributed by atoms with Gasteiger partial charge in [-0.2, -0.15) is 0 Å². The number of carboxylic acids is 2. The Morgan fingerprint density at radius 1 is 0.930 bits per heavy atom. The van der Waals surface area contributed by atoms with Gasteiger partial charge in [0.1, 0.15) is 0 Å². The first-order valence-electron chi connectivity index (χ1n) is 14.0. The fraction of sp³-hybridized carbons (Fsp3) is 0.333. The summed E-state index contributed by atoms with van der Waals surface area (Å²) >= 11 is 0. The van der Waals surface area contributed by atoms with E-state index in [4.69, 9.17) is 9.97 Å². The fourth-order valence-electron chi connectivity index (χ4n) is 6.31. The molecule has 43 heavy (non-hydrogen) atoms. The van der Waals surface area contributed by atoms with Crippen molar-refractivity contribution >= 4 is 51.2 Å². The number of aromatic nitrogens is 4. The normalized spacial score (nSPS) is 16.0. The van der Waals surface area contributed by atoms with Gasteiger partial charge in [-0.3, -0.25) is 4.98 Å². The van der Waals surface area contributed by atoms with Crippen molar-refractivity contribution in [2.45, 2.75) is 72.6 Å². The number of rotatable bonds is 6. The number of carbonyl (C=O) groups is 2. The molecule has 0 radical (unpaired) electrons. The van der Waals surface area contributed by atoms with Gasteiger partial charge in [-0.1, -0.05) is 26.5 Å². The summed E-state index contributed by atoms with van der Waals surface area (Å²) in [7, 11) is 0. The predicted octanol–water partition coefficient (Wildman–Crippen LogP) is -1.45. The van der Waals surface area contributed by atoms with E-state index in [-0.39, 0.29) is 82.9 Å². The second-order valence-electron chi connectivity index (χ2n) is 11.0. The van der Waals surface area contributed by atoms with Crippen LogP contribution in [0.5, 0.6) is 0 Å². The summed E-state index contributed by atoms with van der Waals surface area (Å²) in [5, 5.41) is 23.8. The van der Waals surface area contributed by atoms with Crippen molar-refractivity contribution in [3.63, 3.8) is 0 Å². The summed E-state index contributed by atoms with van der Waals surface area (Å²) in [5.41, 5.74) is 11.2. The van der Waals surface area contributed by atoms with Crippen molar-refractivity contribution in [1.29, 1.82) is 0 Å². The number of aryl methyl sites for hydroxylation is 3. The number of hydrogen-bond acceptors (Lipinski definition) is 6. The zero-order valence-corrected chi connectivity index (χ0v) is 30.3. The van der Waals surface area contributed by atoms with Crippen LogP contribution in [0.3, 0.4) is 0 Å². The van der Waals surface area contributed by atoms with Crippen LogP contribution in [-0.2, 0) is 16.0 Å². The van der Waals surface area contributed by atoms with Gasteiger partial charge >= 0.3 is 59.1 Å². The maximum absolute atomic E-state index is 12.4. The third kappa shape index (κ3) is 6.23. The summed E-state index contributed by atoms with van der Waals surface area (Å²) in [6, 6.07) is 5.96. The van der Waals surface area contributed by atoms with Crippen molar-refractivity contribution < 1.29 is 78.9 Å². The van der Waals surface area contributed by atoms with Crippen LogP contribution in [0, 0.1) is 20.8 Å². The van der Waals surface area contributed by atoms with Crippen molar-refractivity contribution in [2.75, 3.05) is 0 Å². The zero-order valence-electron chi connectivity index (χ0n) is 26.3. The molecule has 2 atom stereocenters. The van der Waals surface area contributed by atoms with E-state index in [1.165, 1.54) is 0 Å². The number of allylic oxidation sites excluding steroid dienone is 1. The molecule has 5 rings (SSSR count). The number of hydrogen-bond donors (Lipinski definition) is 2. The van der Waals surface area contributed by atoms with E-state index in [1.807, 2.05) is 32.1 Å². The predicted molar refractivity (Wildman–Crippen MR) is 158 cm³/mol. The number of nitrogens with zero attached hydrogens (tertiary/aromatic N) is 2. The average Bonchev–Trinajstić information content (AvgIpc) is 3.60. The van der Waals surface area contributed by atoms with Gasteiger partial charge < -0.3 is 29.8 Å². The maximum atomic E-state index is 12.4. The smallest absolute Gasteiger partial charge is 0.550 e. The molecule has 212 valence electrons. The van der Waals surface area contributed by atoms with E-state index in [9.17, 15) is 19.8 Å². The number of carboxylic acid groups (broad SMARTS) is 2. The number of fused-ring (bicyclic) bond motifs is 8. The summed E-state index contributed by atoms with van der Waals surface area (Å²) in [4.78, 5) is 40.7. The Kier molecular flexibility index (Phi) is 11.1. The number of carbonyl (C=O) groups excluding carboxylic acids is 2. The quantitative estimate of drug-likeness (QED) is 0.334. The third-order valence-corrected chi connectivity index (χ3v) is 8.74. The van der Waals surface area contributed by atoms with E-state index in [2.05, 4.69) is 36.5 Å². The van der Waals surface area contributed by atoms with Gasteiger partial charge in [0.15, 0.2) is 0 Å². The summed E-state index contributed by atoms with van der Waals surface area (Å²) in [6.07, 6.45) is 2.79. The number of nitrogens with one attached hydrogen (secondary N) is 2. The van der Waals surface area contributed by atoms with Gasteiger partial charge in [0.05, 0.1) is 17.4 Å². The second kappa shape index (κ2) is 13.7. The van der Waals surface area contributed by atoms with Gasteiger partial charge in [-0.05, 0) is 93.0 Å². The summed E-state index contributed by atoms with van der Waals surface area (Å²) < 4.78 is 0. The molecule has 2 aliphatic rings. The molecule has 0 amide bonds. The van der Waals surface area contributed by atoms with Crippen molar-refractivity contribution in [3.8, 4) is 0 Å². The first-order valence-corrected chi connectivity index (χ1v) is 14.0. The van der Waals surface area contributed by atoms with Crippen LogP contribution in [-0.4, -0.2) is 31.9 Å². The molecule has 8 bridgehead atoms. The van der Waals surface area contributed by atoms with Crippen LogP contribution < -0.4 is 69.3 Å². The Hall–Kier alpha value is -2.46. The molecule has 0 spiro atoms. The fourth-order valence-corrected chi connectivity index (χ4v) is 6.31. The minimum atomic E-state index is -1.31. The number of aliphatic carboxylic acids is 2. The van der Waals surface area contributed by atoms with E-state index in [0.717, 1.165) is 56.4 Å². The van der Waals surface area contributed by atoms with Crippen LogP contribution in [0.15, 0.2) is 24.8 Å². The topological polar surface area (TPSA) is 138 Å². The Morgan fingerprint density at radius 3 is 2.19 bits per heavy atom. The van der Waals surface area contributed by atoms with Crippen LogP contribution in [0.4, 0.5) is 0 Å². The third-order valence-electron chi connectivity index (χ3n) is 8.74. The average molecular weight is 597 g/mol. The van der Waals surface area contributed by atoms with Crippen LogP contribution in [0.25, 0.3) is 39.3 Å². The van der Waals surface area contributed by atoms with Gasteiger partial charge in [0.2, 0.25) is 0 Å². The molecule has 5 heterocycles. The van der Waals surface area contributed by atoms with Gasteiger partial charge in [0, 0.05) is 62.4 Å². The SMILES string of the molecule is C=Cc1c(C)c2cc3nc(c(C)c4nc(cc5[nH]c(cc1[nH]2)c(C)c5CC)C(C)=C4C(=O)[O-])[C@@H](CCC(=O)[O-])[C@@H]3C.[Na+].[Na+]. The minimum absolute atomic E-state index is 0. The Balaban J connectivity index is 0.00000253. The van der Waals surface area contributed by atoms with Gasteiger partial charge in [-0.25, -0.2) is 4.98 Å². The van der Waals surface area contributed by atoms with Gasteiger partial charge in [0.25, 0.3) is 0 Å². The first-order chi connectivity index (χ1) is 19.5.